The molecule has 0 aliphatic carbocycles. The summed E-state index contributed by atoms with van der Waals surface area (Å²) in [6.45, 7) is 9.83. The Bertz CT molecular complexity index is 1670. The van der Waals surface area contributed by atoms with E-state index in [-0.39, 0.29) is 28.2 Å². The summed E-state index contributed by atoms with van der Waals surface area (Å²) in [5.74, 6) is -0.410. The van der Waals surface area contributed by atoms with Gasteiger partial charge >= 0.3 is 11.9 Å². The highest BCUT2D eigenvalue weighted by Crippen LogP contribution is 2.32. The van der Waals surface area contributed by atoms with Crippen molar-refractivity contribution in [1.82, 2.24) is 18.9 Å². The standard InChI is InChI=1S/C25H18F3N5O3/c1-14-21(22-20(15(2)34)13-30-33(22)18-10-8-17(29-3)9-11-18)23(35)31(4)24(36)32(14)19-7-5-6-16(12-19)25(26,27)28/h5-13H,1-2,4H3. The number of carbonyl (C=O) groups is 1. The van der Waals surface area contributed by atoms with E-state index in [4.69, 9.17) is 6.57 Å². The summed E-state index contributed by atoms with van der Waals surface area (Å²) in [4.78, 5) is 42.2. The first-order valence-corrected chi connectivity index (χ1v) is 10.5. The van der Waals surface area contributed by atoms with Crippen LogP contribution in [0.5, 0.6) is 0 Å². The molecule has 4 aromatic rings. The molecule has 2 aromatic carbocycles. The molecule has 36 heavy (non-hydrogen) atoms. The maximum absolute atomic E-state index is 13.4. The fraction of sp³-hybridized carbons (Fsp3) is 0.160. The van der Waals surface area contributed by atoms with Crippen molar-refractivity contribution in [3.8, 4) is 22.6 Å². The van der Waals surface area contributed by atoms with Crippen LogP contribution in [0.3, 0.4) is 0 Å². The molecule has 182 valence electrons. The molecule has 0 saturated heterocycles. The Hall–Kier alpha value is -4.72. The summed E-state index contributed by atoms with van der Waals surface area (Å²) in [7, 11) is 1.20. The van der Waals surface area contributed by atoms with E-state index >= 15 is 0 Å². The van der Waals surface area contributed by atoms with Gasteiger partial charge in [0, 0.05) is 12.7 Å². The van der Waals surface area contributed by atoms with Gasteiger partial charge < -0.3 is 0 Å². The van der Waals surface area contributed by atoms with Crippen molar-refractivity contribution in [2.45, 2.75) is 20.0 Å². The fourth-order valence-corrected chi connectivity index (χ4v) is 3.92. The minimum absolute atomic E-state index is 0.0319. The number of hydrogen-bond acceptors (Lipinski definition) is 4. The molecular weight excluding hydrogens is 475 g/mol. The number of ketones is 1. The van der Waals surface area contributed by atoms with Crippen LogP contribution in [0.4, 0.5) is 18.9 Å². The van der Waals surface area contributed by atoms with Crippen LogP contribution in [0.2, 0.25) is 0 Å². The van der Waals surface area contributed by atoms with Gasteiger partial charge in [0.05, 0.1) is 46.5 Å². The number of nitrogens with zero attached hydrogens (tertiary/aromatic N) is 5. The molecule has 0 aliphatic heterocycles. The third kappa shape index (κ3) is 4.02. The summed E-state index contributed by atoms with van der Waals surface area (Å²) in [5, 5.41) is 4.26. The van der Waals surface area contributed by atoms with Gasteiger partial charge in [-0.05, 0) is 44.2 Å². The molecule has 2 heterocycles. The predicted molar refractivity (Wildman–Crippen MR) is 126 cm³/mol. The lowest BCUT2D eigenvalue weighted by atomic mass is 10.0. The Kier molecular flexibility index (Phi) is 5.97. The zero-order valence-electron chi connectivity index (χ0n) is 19.3. The average Bonchev–Trinajstić information content (AvgIpc) is 3.27. The van der Waals surface area contributed by atoms with Crippen molar-refractivity contribution >= 4 is 11.5 Å². The minimum Gasteiger partial charge on any atom is -0.294 e. The summed E-state index contributed by atoms with van der Waals surface area (Å²) in [6.07, 6.45) is -3.37. The van der Waals surface area contributed by atoms with E-state index < -0.39 is 28.8 Å². The number of alkyl halides is 3. The molecule has 0 N–H and O–H groups in total. The molecule has 11 heteroatoms. The van der Waals surface area contributed by atoms with Gasteiger partial charge in [-0.25, -0.2) is 14.3 Å². The van der Waals surface area contributed by atoms with Gasteiger partial charge in [0.15, 0.2) is 11.5 Å². The second-order valence-corrected chi connectivity index (χ2v) is 7.99. The Morgan fingerprint density at radius 1 is 1.06 bits per heavy atom. The fourth-order valence-electron chi connectivity index (χ4n) is 3.92. The molecule has 0 amide bonds. The minimum atomic E-state index is -4.64. The van der Waals surface area contributed by atoms with Gasteiger partial charge in [-0.15, -0.1) is 0 Å². The van der Waals surface area contributed by atoms with Crippen LogP contribution in [0.1, 0.15) is 28.5 Å². The summed E-state index contributed by atoms with van der Waals surface area (Å²) < 4.78 is 43.2. The lowest BCUT2D eigenvalue weighted by Gasteiger charge is -2.18. The lowest BCUT2D eigenvalue weighted by molar-refractivity contribution is -0.137. The SMILES string of the molecule is [C-]#[N+]c1ccc(-n2ncc(C(C)=O)c2-c2c(C)n(-c3cccc(C(F)(F)F)c3)c(=O)n(C)c2=O)cc1. The molecule has 8 nitrogen and oxygen atoms in total. The van der Waals surface area contributed by atoms with Crippen molar-refractivity contribution in [2.75, 3.05) is 0 Å². The highest BCUT2D eigenvalue weighted by atomic mass is 19.4. The van der Waals surface area contributed by atoms with E-state index in [1.807, 2.05) is 0 Å². The van der Waals surface area contributed by atoms with Gasteiger partial charge in [-0.1, -0.05) is 18.2 Å². The first-order valence-electron chi connectivity index (χ1n) is 10.5. The van der Waals surface area contributed by atoms with Crippen molar-refractivity contribution in [1.29, 1.82) is 0 Å². The van der Waals surface area contributed by atoms with Crippen LogP contribution in [0, 0.1) is 13.5 Å². The molecule has 0 atom stereocenters. The molecule has 0 unspecified atom stereocenters. The maximum atomic E-state index is 13.4. The maximum Gasteiger partial charge on any atom is 0.416 e. The molecule has 0 radical (unpaired) electrons. The molecule has 0 bridgehead atoms. The Morgan fingerprint density at radius 2 is 1.72 bits per heavy atom. The van der Waals surface area contributed by atoms with E-state index in [0.717, 1.165) is 21.3 Å². The molecule has 0 fully saturated rings. The van der Waals surface area contributed by atoms with Crippen LogP contribution in [-0.2, 0) is 13.2 Å². The highest BCUT2D eigenvalue weighted by Gasteiger charge is 2.31. The molecule has 0 spiro atoms. The molecule has 0 aliphatic rings. The monoisotopic (exact) mass is 493 g/mol. The topological polar surface area (TPSA) is 83.2 Å². The van der Waals surface area contributed by atoms with E-state index in [1.165, 1.54) is 56.0 Å². The smallest absolute Gasteiger partial charge is 0.294 e. The van der Waals surface area contributed by atoms with Crippen LogP contribution in [0.25, 0.3) is 27.5 Å². The molecule has 0 saturated carbocycles. The van der Waals surface area contributed by atoms with Crippen LogP contribution < -0.4 is 11.2 Å². The van der Waals surface area contributed by atoms with Crippen LogP contribution in [-0.4, -0.2) is 24.7 Å². The number of benzene rings is 2. The van der Waals surface area contributed by atoms with E-state index in [2.05, 4.69) is 9.94 Å². The zero-order valence-corrected chi connectivity index (χ0v) is 19.3. The number of Topliss-reactive ketones (excluding diaryl/α,β-unsaturated/α-hetero) is 1. The lowest BCUT2D eigenvalue weighted by Crippen LogP contribution is -2.40. The average molecular weight is 493 g/mol. The van der Waals surface area contributed by atoms with Gasteiger partial charge in [-0.3, -0.25) is 18.7 Å². The van der Waals surface area contributed by atoms with Crippen LogP contribution in [0.15, 0.2) is 64.3 Å². The Morgan fingerprint density at radius 3 is 2.31 bits per heavy atom. The van der Waals surface area contributed by atoms with Gasteiger partial charge in [0.1, 0.15) is 0 Å². The van der Waals surface area contributed by atoms with Crippen molar-refractivity contribution in [2.24, 2.45) is 7.05 Å². The normalized spacial score (nSPS) is 11.4. The van der Waals surface area contributed by atoms with E-state index in [0.29, 0.717) is 11.4 Å². The van der Waals surface area contributed by atoms with Crippen molar-refractivity contribution in [3.63, 3.8) is 0 Å². The Labute approximate surface area is 202 Å². The summed E-state index contributed by atoms with van der Waals surface area (Å²) in [6, 6.07) is 10.4. The number of halogens is 3. The molecular formula is C25H18F3N5O3. The Balaban J connectivity index is 2.08. The summed E-state index contributed by atoms with van der Waals surface area (Å²) in [5.41, 5.74) is -1.74. The number of carbonyl (C=O) groups excluding carboxylic acids is 1. The first-order chi connectivity index (χ1) is 17.0. The first kappa shape index (κ1) is 24.4. The number of hydrogen-bond donors (Lipinski definition) is 0. The van der Waals surface area contributed by atoms with Gasteiger partial charge in [0.25, 0.3) is 5.56 Å². The largest absolute Gasteiger partial charge is 0.416 e. The predicted octanol–water partition coefficient (Wildman–Crippen LogP) is 4.47. The molecule has 2 aromatic heterocycles. The number of rotatable bonds is 4. The van der Waals surface area contributed by atoms with Crippen molar-refractivity contribution in [3.05, 3.63) is 104 Å². The third-order valence-electron chi connectivity index (χ3n) is 5.73. The van der Waals surface area contributed by atoms with Crippen LogP contribution >= 0.6 is 0 Å². The third-order valence-corrected chi connectivity index (χ3v) is 5.73. The van der Waals surface area contributed by atoms with Crippen molar-refractivity contribution < 1.29 is 18.0 Å². The second-order valence-electron chi connectivity index (χ2n) is 7.99. The van der Waals surface area contributed by atoms with Gasteiger partial charge in [-0.2, -0.15) is 18.3 Å². The highest BCUT2D eigenvalue weighted by molar-refractivity contribution is 6.00. The summed E-state index contributed by atoms with van der Waals surface area (Å²) >= 11 is 0. The quantitative estimate of drug-likeness (QED) is 0.310. The number of aromatic nitrogens is 4. The van der Waals surface area contributed by atoms with Gasteiger partial charge in [0.2, 0.25) is 0 Å². The second kappa shape index (κ2) is 8.81. The van der Waals surface area contributed by atoms with E-state index in [1.54, 1.807) is 12.1 Å². The molecule has 4 rings (SSSR count). The van der Waals surface area contributed by atoms with E-state index in [9.17, 15) is 27.6 Å². The zero-order chi connectivity index (χ0) is 26.4.